The first-order valence-electron chi connectivity index (χ1n) is 8.01. The van der Waals surface area contributed by atoms with Gasteiger partial charge in [0.1, 0.15) is 0 Å². The second-order valence-corrected chi connectivity index (χ2v) is 6.64. The molecule has 3 heterocycles. The Labute approximate surface area is 129 Å². The highest BCUT2D eigenvalue weighted by Crippen LogP contribution is 2.51. The van der Waals surface area contributed by atoms with Crippen molar-refractivity contribution in [3.05, 3.63) is 64.7 Å². The SMILES string of the molecule is Cc1cccc2c1NC1C2CCN2C(=O)c3ccccc3C12. The maximum Gasteiger partial charge on any atom is 0.254 e. The quantitative estimate of drug-likeness (QED) is 0.805. The van der Waals surface area contributed by atoms with Gasteiger partial charge in [-0.15, -0.1) is 0 Å². The predicted molar refractivity (Wildman–Crippen MR) is 86.2 cm³/mol. The molecule has 1 fully saturated rings. The second kappa shape index (κ2) is 4.13. The van der Waals surface area contributed by atoms with Crippen LogP contribution in [0.4, 0.5) is 5.69 Å². The van der Waals surface area contributed by atoms with Gasteiger partial charge in [0.05, 0.1) is 12.1 Å². The third kappa shape index (κ3) is 1.39. The fourth-order valence-electron chi connectivity index (χ4n) is 4.60. The molecule has 1 amide bonds. The number of benzene rings is 2. The van der Waals surface area contributed by atoms with Crippen LogP contribution >= 0.6 is 0 Å². The van der Waals surface area contributed by atoms with Crippen LogP contribution in [0.3, 0.4) is 0 Å². The summed E-state index contributed by atoms with van der Waals surface area (Å²) in [4.78, 5) is 14.7. The highest BCUT2D eigenvalue weighted by molar-refractivity contribution is 5.99. The molecule has 3 atom stereocenters. The van der Waals surface area contributed by atoms with Gasteiger partial charge >= 0.3 is 0 Å². The van der Waals surface area contributed by atoms with Crippen molar-refractivity contribution in [1.82, 2.24) is 4.90 Å². The van der Waals surface area contributed by atoms with E-state index in [1.165, 1.54) is 22.4 Å². The number of hydrogen-bond acceptors (Lipinski definition) is 2. The summed E-state index contributed by atoms with van der Waals surface area (Å²) < 4.78 is 0. The van der Waals surface area contributed by atoms with Crippen molar-refractivity contribution in [1.29, 1.82) is 0 Å². The molecular formula is C19H18N2O. The Morgan fingerprint density at radius 1 is 1.09 bits per heavy atom. The first kappa shape index (κ1) is 12.3. The molecule has 22 heavy (non-hydrogen) atoms. The molecule has 2 aromatic carbocycles. The molecule has 1 N–H and O–H groups in total. The van der Waals surface area contributed by atoms with Gasteiger partial charge in [-0.05, 0) is 36.1 Å². The third-order valence-electron chi connectivity index (χ3n) is 5.58. The average molecular weight is 290 g/mol. The molecule has 3 aliphatic heterocycles. The zero-order chi connectivity index (χ0) is 14.8. The third-order valence-corrected chi connectivity index (χ3v) is 5.58. The highest BCUT2D eigenvalue weighted by Gasteiger charge is 2.50. The molecule has 3 heteroatoms. The molecule has 110 valence electrons. The van der Waals surface area contributed by atoms with E-state index in [1.54, 1.807) is 0 Å². The maximum absolute atomic E-state index is 12.7. The van der Waals surface area contributed by atoms with E-state index in [-0.39, 0.29) is 11.9 Å². The molecule has 0 radical (unpaired) electrons. The van der Waals surface area contributed by atoms with Gasteiger partial charge in [0.15, 0.2) is 0 Å². The average Bonchev–Trinajstić information content (AvgIpc) is 3.06. The predicted octanol–water partition coefficient (Wildman–Crippen LogP) is 3.47. The first-order chi connectivity index (χ1) is 10.8. The van der Waals surface area contributed by atoms with Crippen LogP contribution in [-0.2, 0) is 0 Å². The number of carbonyl (C=O) groups excluding carboxylic acids is 1. The highest BCUT2D eigenvalue weighted by atomic mass is 16.2. The smallest absolute Gasteiger partial charge is 0.254 e. The molecular weight excluding hydrogens is 272 g/mol. The number of amides is 1. The van der Waals surface area contributed by atoms with Crippen LogP contribution in [0.2, 0.25) is 0 Å². The van der Waals surface area contributed by atoms with Crippen molar-refractivity contribution >= 4 is 11.6 Å². The number of rotatable bonds is 0. The molecule has 0 bridgehead atoms. The van der Waals surface area contributed by atoms with Crippen LogP contribution in [-0.4, -0.2) is 23.4 Å². The van der Waals surface area contributed by atoms with Gasteiger partial charge < -0.3 is 10.2 Å². The van der Waals surface area contributed by atoms with E-state index >= 15 is 0 Å². The monoisotopic (exact) mass is 290 g/mol. The Bertz CT molecular complexity index is 798. The normalized spacial score (nSPS) is 27.8. The van der Waals surface area contributed by atoms with Crippen LogP contribution in [0.25, 0.3) is 0 Å². The van der Waals surface area contributed by atoms with Crippen LogP contribution in [0.5, 0.6) is 0 Å². The summed E-state index contributed by atoms with van der Waals surface area (Å²) in [5, 5.41) is 3.74. The molecule has 0 spiro atoms. The molecule has 5 rings (SSSR count). The van der Waals surface area contributed by atoms with Crippen LogP contribution in [0.15, 0.2) is 42.5 Å². The number of carbonyl (C=O) groups is 1. The number of para-hydroxylation sites is 1. The fraction of sp³-hybridized carbons (Fsp3) is 0.316. The Balaban J connectivity index is 1.64. The van der Waals surface area contributed by atoms with Crippen molar-refractivity contribution in [3.8, 4) is 0 Å². The molecule has 2 aromatic rings. The molecule has 1 saturated heterocycles. The summed E-state index contributed by atoms with van der Waals surface area (Å²) in [5.74, 6) is 0.712. The standard InChI is InChI=1S/C19H18N2O/c1-11-5-4-8-12-13-9-10-21-18(17(13)20-16(11)12)14-6-2-3-7-15(14)19(21)22/h2-8,13,17-18,20H,9-10H2,1H3. The summed E-state index contributed by atoms with van der Waals surface area (Å²) in [6.45, 7) is 3.02. The van der Waals surface area contributed by atoms with Gasteiger partial charge in [0.25, 0.3) is 5.91 Å². The maximum atomic E-state index is 12.7. The summed E-state index contributed by atoms with van der Waals surface area (Å²) in [6.07, 6.45) is 1.05. The van der Waals surface area contributed by atoms with E-state index < -0.39 is 0 Å². The zero-order valence-electron chi connectivity index (χ0n) is 12.5. The second-order valence-electron chi connectivity index (χ2n) is 6.64. The summed E-state index contributed by atoms with van der Waals surface area (Å²) in [5.41, 5.74) is 6.11. The lowest BCUT2D eigenvalue weighted by molar-refractivity contribution is 0.0638. The van der Waals surface area contributed by atoms with Gasteiger partial charge in [-0.1, -0.05) is 36.4 Å². The Morgan fingerprint density at radius 3 is 2.82 bits per heavy atom. The number of hydrogen-bond donors (Lipinski definition) is 1. The van der Waals surface area contributed by atoms with Crippen molar-refractivity contribution in [3.63, 3.8) is 0 Å². The molecule has 3 nitrogen and oxygen atoms in total. The number of nitrogens with one attached hydrogen (secondary N) is 1. The molecule has 3 aliphatic rings. The number of fused-ring (bicyclic) bond motifs is 7. The number of anilines is 1. The largest absolute Gasteiger partial charge is 0.379 e. The number of aryl methyl sites for hydroxylation is 1. The number of nitrogens with zero attached hydrogens (tertiary/aromatic N) is 1. The van der Waals surface area contributed by atoms with E-state index in [0.29, 0.717) is 12.0 Å². The fourth-order valence-corrected chi connectivity index (χ4v) is 4.60. The van der Waals surface area contributed by atoms with Gasteiger partial charge in [0.2, 0.25) is 0 Å². The lowest BCUT2D eigenvalue weighted by Gasteiger charge is -2.39. The minimum absolute atomic E-state index is 0.175. The van der Waals surface area contributed by atoms with E-state index in [2.05, 4.69) is 41.4 Å². The summed E-state index contributed by atoms with van der Waals surface area (Å²) in [6, 6.07) is 15.1. The van der Waals surface area contributed by atoms with E-state index in [4.69, 9.17) is 0 Å². The van der Waals surface area contributed by atoms with E-state index in [9.17, 15) is 4.79 Å². The molecule has 0 aromatic heterocycles. The van der Waals surface area contributed by atoms with E-state index in [1.807, 2.05) is 18.2 Å². The van der Waals surface area contributed by atoms with Gasteiger partial charge in [0, 0.05) is 23.7 Å². The summed E-state index contributed by atoms with van der Waals surface area (Å²) in [7, 11) is 0. The van der Waals surface area contributed by atoms with Crippen molar-refractivity contribution in [2.45, 2.75) is 31.3 Å². The van der Waals surface area contributed by atoms with Gasteiger partial charge in [-0.3, -0.25) is 4.79 Å². The van der Waals surface area contributed by atoms with Gasteiger partial charge in [-0.25, -0.2) is 0 Å². The van der Waals surface area contributed by atoms with Crippen LogP contribution in [0.1, 0.15) is 45.4 Å². The lowest BCUT2D eigenvalue weighted by Crippen LogP contribution is -2.45. The van der Waals surface area contributed by atoms with Crippen molar-refractivity contribution in [2.75, 3.05) is 11.9 Å². The van der Waals surface area contributed by atoms with E-state index in [0.717, 1.165) is 18.5 Å². The van der Waals surface area contributed by atoms with Gasteiger partial charge in [-0.2, -0.15) is 0 Å². The minimum atomic E-state index is 0.175. The topological polar surface area (TPSA) is 32.3 Å². The lowest BCUT2D eigenvalue weighted by atomic mass is 9.82. The summed E-state index contributed by atoms with van der Waals surface area (Å²) >= 11 is 0. The Kier molecular flexibility index (Phi) is 2.30. The Morgan fingerprint density at radius 2 is 1.91 bits per heavy atom. The van der Waals surface area contributed by atoms with Crippen LogP contribution < -0.4 is 5.32 Å². The molecule has 3 unspecified atom stereocenters. The number of piperidine rings is 1. The Hall–Kier alpha value is -2.29. The van der Waals surface area contributed by atoms with Crippen molar-refractivity contribution < 1.29 is 4.79 Å². The zero-order valence-corrected chi connectivity index (χ0v) is 12.5. The van der Waals surface area contributed by atoms with Crippen molar-refractivity contribution in [2.24, 2.45) is 0 Å². The molecule has 0 saturated carbocycles. The van der Waals surface area contributed by atoms with Crippen LogP contribution in [0, 0.1) is 6.92 Å². The molecule has 0 aliphatic carbocycles. The minimum Gasteiger partial charge on any atom is -0.379 e. The first-order valence-corrected chi connectivity index (χ1v) is 8.01.